The molecule has 27 heavy (non-hydrogen) atoms. The minimum Gasteiger partial charge on any atom is -0.385 e. The summed E-state index contributed by atoms with van der Waals surface area (Å²) in [5.41, 5.74) is 1.02. The third-order valence-corrected chi connectivity index (χ3v) is 6.06. The van der Waals surface area contributed by atoms with E-state index in [4.69, 9.17) is 4.74 Å². The molecule has 2 aliphatic rings. The summed E-state index contributed by atoms with van der Waals surface area (Å²) in [4.78, 5) is 3.48. The third kappa shape index (κ3) is 5.90. The predicted octanol–water partition coefficient (Wildman–Crippen LogP) is 2.12. The zero-order valence-corrected chi connectivity index (χ0v) is 17.1. The van der Waals surface area contributed by atoms with E-state index in [1.54, 1.807) is 6.07 Å². The fourth-order valence-electron chi connectivity index (χ4n) is 5.00. The Balaban J connectivity index is 1.39. The zero-order valence-electron chi connectivity index (χ0n) is 17.1. The number of aliphatic hydroxyl groups is 1. The Morgan fingerprint density at radius 3 is 2.63 bits per heavy atom. The summed E-state index contributed by atoms with van der Waals surface area (Å²) >= 11 is 0. The van der Waals surface area contributed by atoms with Crippen LogP contribution in [-0.4, -0.2) is 56.6 Å². The fraction of sp³-hybridized carbons (Fsp3) is 0.727. The monoisotopic (exact) mass is 379 g/mol. The minimum absolute atomic E-state index is 0.154. The highest BCUT2D eigenvalue weighted by Crippen LogP contribution is 2.39. The molecule has 0 bridgehead atoms. The van der Waals surface area contributed by atoms with Crippen molar-refractivity contribution in [1.82, 2.24) is 0 Å². The third-order valence-electron chi connectivity index (χ3n) is 6.06. The quantitative estimate of drug-likeness (QED) is 0.795. The average Bonchev–Trinajstić information content (AvgIpc) is 2.60. The largest absolute Gasteiger partial charge is 0.385 e. The molecular formula is C22H36FN2O2+. The highest BCUT2D eigenvalue weighted by Gasteiger charge is 2.33. The van der Waals surface area contributed by atoms with E-state index in [1.807, 2.05) is 12.1 Å². The first-order valence-corrected chi connectivity index (χ1v) is 10.4. The molecule has 3 rings (SSSR count). The van der Waals surface area contributed by atoms with Crippen LogP contribution in [0.25, 0.3) is 0 Å². The normalized spacial score (nSPS) is 27.5. The lowest BCUT2D eigenvalue weighted by atomic mass is 9.71. The fourth-order valence-corrected chi connectivity index (χ4v) is 5.00. The lowest BCUT2D eigenvalue weighted by molar-refractivity contribution is -0.903. The molecule has 1 saturated heterocycles. The molecule has 2 fully saturated rings. The van der Waals surface area contributed by atoms with Crippen molar-refractivity contribution < 1.29 is 19.1 Å². The van der Waals surface area contributed by atoms with Gasteiger partial charge in [0.25, 0.3) is 0 Å². The number of piperazine rings is 1. The summed E-state index contributed by atoms with van der Waals surface area (Å²) in [6, 6.07) is 6.97. The first-order chi connectivity index (χ1) is 12.8. The Bertz CT molecular complexity index is 602. The number of quaternary nitrogens is 1. The van der Waals surface area contributed by atoms with E-state index in [2.05, 4.69) is 25.7 Å². The van der Waals surface area contributed by atoms with Crippen LogP contribution in [-0.2, 0) is 4.74 Å². The lowest BCUT2D eigenvalue weighted by Crippen LogP contribution is -3.16. The summed E-state index contributed by atoms with van der Waals surface area (Å²) < 4.78 is 20.0. The van der Waals surface area contributed by atoms with Crippen molar-refractivity contribution in [2.45, 2.75) is 52.2 Å². The highest BCUT2D eigenvalue weighted by atomic mass is 19.1. The van der Waals surface area contributed by atoms with Gasteiger partial charge in [0.15, 0.2) is 0 Å². The molecule has 0 aromatic heterocycles. The molecule has 4 nitrogen and oxygen atoms in total. The smallest absolute Gasteiger partial charge is 0.146 e. The van der Waals surface area contributed by atoms with Crippen molar-refractivity contribution in [2.24, 2.45) is 11.3 Å². The van der Waals surface area contributed by atoms with Crippen molar-refractivity contribution in [3.8, 4) is 0 Å². The second-order valence-electron chi connectivity index (χ2n) is 9.42. The molecule has 0 amide bonds. The Labute approximate surface area is 163 Å². The van der Waals surface area contributed by atoms with E-state index < -0.39 is 6.10 Å². The van der Waals surface area contributed by atoms with Gasteiger partial charge in [-0.3, -0.25) is 0 Å². The minimum atomic E-state index is -0.430. The molecule has 5 heteroatoms. The first-order valence-electron chi connectivity index (χ1n) is 10.4. The van der Waals surface area contributed by atoms with E-state index in [-0.39, 0.29) is 11.9 Å². The van der Waals surface area contributed by atoms with Gasteiger partial charge in [-0.2, -0.15) is 0 Å². The van der Waals surface area contributed by atoms with E-state index in [0.29, 0.717) is 30.2 Å². The standard InChI is InChI=1S/C22H35FN2O2/c1-17-12-19(14-22(2,3)13-17)27-16-18(26)15-24-8-10-25(11-9-24)21-7-5-4-6-20(21)23/h4-7,17-19,26H,8-16H2,1-3H3/p+1/t17-,18-,19+/m1/s1. The number of hydrogen-bond donors (Lipinski definition) is 2. The topological polar surface area (TPSA) is 37.1 Å². The van der Waals surface area contributed by atoms with Crippen LogP contribution in [0.4, 0.5) is 10.1 Å². The molecule has 1 aliphatic carbocycles. The number of aliphatic hydroxyl groups excluding tert-OH is 1. The molecule has 1 aromatic carbocycles. The van der Waals surface area contributed by atoms with Gasteiger partial charge in [0.1, 0.15) is 18.5 Å². The Hall–Kier alpha value is -1.17. The van der Waals surface area contributed by atoms with Crippen molar-refractivity contribution >= 4 is 5.69 Å². The molecule has 1 aromatic rings. The number of rotatable bonds is 6. The SMILES string of the molecule is C[C@@H]1C[C@H](OC[C@H](O)C[NH+]2CCN(c3ccccc3F)CC2)CC(C)(C)C1. The van der Waals surface area contributed by atoms with Gasteiger partial charge in [-0.1, -0.05) is 32.9 Å². The van der Waals surface area contributed by atoms with Crippen LogP contribution in [0.2, 0.25) is 0 Å². The van der Waals surface area contributed by atoms with Crippen molar-refractivity contribution in [3.63, 3.8) is 0 Å². The number of ether oxygens (including phenoxy) is 1. The summed E-state index contributed by atoms with van der Waals surface area (Å²) in [5.74, 6) is 0.534. The second kappa shape index (κ2) is 8.89. The van der Waals surface area contributed by atoms with Crippen molar-refractivity contribution in [2.75, 3.05) is 44.2 Å². The summed E-state index contributed by atoms with van der Waals surface area (Å²) in [5, 5.41) is 10.4. The summed E-state index contributed by atoms with van der Waals surface area (Å²) in [6.45, 7) is 11.5. The van der Waals surface area contributed by atoms with Crippen LogP contribution in [0.5, 0.6) is 0 Å². The average molecular weight is 380 g/mol. The number of halogens is 1. The number of nitrogens with zero attached hydrogens (tertiary/aromatic N) is 1. The van der Waals surface area contributed by atoms with Gasteiger partial charge in [-0.25, -0.2) is 4.39 Å². The van der Waals surface area contributed by atoms with E-state index in [9.17, 15) is 9.50 Å². The van der Waals surface area contributed by atoms with Crippen LogP contribution in [0, 0.1) is 17.2 Å². The highest BCUT2D eigenvalue weighted by molar-refractivity contribution is 5.47. The van der Waals surface area contributed by atoms with Gasteiger partial charge in [-0.05, 0) is 42.7 Å². The number of nitrogens with one attached hydrogen (secondary N) is 1. The van der Waals surface area contributed by atoms with Crippen molar-refractivity contribution in [3.05, 3.63) is 30.1 Å². The molecule has 0 unspecified atom stereocenters. The molecule has 0 spiro atoms. The van der Waals surface area contributed by atoms with Gasteiger partial charge >= 0.3 is 0 Å². The van der Waals surface area contributed by atoms with Gasteiger partial charge in [0.2, 0.25) is 0 Å². The van der Waals surface area contributed by atoms with Crippen LogP contribution in [0.1, 0.15) is 40.0 Å². The van der Waals surface area contributed by atoms with E-state index >= 15 is 0 Å². The van der Waals surface area contributed by atoms with Gasteiger partial charge < -0.3 is 19.6 Å². The Morgan fingerprint density at radius 2 is 1.96 bits per heavy atom. The number of para-hydroxylation sites is 1. The maximum absolute atomic E-state index is 13.9. The van der Waals surface area contributed by atoms with Gasteiger partial charge in [0.05, 0.1) is 44.6 Å². The molecule has 1 heterocycles. The molecule has 3 atom stereocenters. The number of anilines is 1. The van der Waals surface area contributed by atoms with Crippen LogP contribution >= 0.6 is 0 Å². The molecule has 2 N–H and O–H groups in total. The first kappa shape index (κ1) is 20.6. The second-order valence-corrected chi connectivity index (χ2v) is 9.42. The van der Waals surface area contributed by atoms with E-state index in [1.165, 1.54) is 17.4 Å². The molecular weight excluding hydrogens is 343 g/mol. The van der Waals surface area contributed by atoms with Gasteiger partial charge in [0, 0.05) is 0 Å². The molecule has 152 valence electrons. The number of benzene rings is 1. The summed E-state index contributed by atoms with van der Waals surface area (Å²) in [7, 11) is 0. The predicted molar refractivity (Wildman–Crippen MR) is 107 cm³/mol. The summed E-state index contributed by atoms with van der Waals surface area (Å²) in [6.07, 6.45) is 3.28. The maximum Gasteiger partial charge on any atom is 0.146 e. The lowest BCUT2D eigenvalue weighted by Gasteiger charge is -2.39. The van der Waals surface area contributed by atoms with Gasteiger partial charge in [-0.15, -0.1) is 0 Å². The number of hydrogen-bond acceptors (Lipinski definition) is 3. The van der Waals surface area contributed by atoms with E-state index in [0.717, 1.165) is 39.0 Å². The Kier molecular flexibility index (Phi) is 6.77. The van der Waals surface area contributed by atoms with Crippen LogP contribution < -0.4 is 9.80 Å². The molecule has 1 aliphatic heterocycles. The van der Waals surface area contributed by atoms with Crippen LogP contribution in [0.15, 0.2) is 24.3 Å². The van der Waals surface area contributed by atoms with Crippen molar-refractivity contribution in [1.29, 1.82) is 0 Å². The molecule has 1 saturated carbocycles. The zero-order chi connectivity index (χ0) is 19.4. The maximum atomic E-state index is 13.9. The Morgan fingerprint density at radius 1 is 1.26 bits per heavy atom. The van der Waals surface area contributed by atoms with Crippen LogP contribution in [0.3, 0.4) is 0 Å². The molecule has 0 radical (unpaired) electrons.